The zero-order valence-corrected chi connectivity index (χ0v) is 24.1. The Kier molecular flexibility index (Phi) is 5.09. The number of aromatic nitrogens is 1. The number of furan rings is 1. The Hall–Kier alpha value is -3.65. The van der Waals surface area contributed by atoms with Gasteiger partial charge in [0.25, 0.3) is 0 Å². The van der Waals surface area contributed by atoms with Gasteiger partial charge in [0.15, 0.2) is 0 Å². The first-order chi connectivity index (χ1) is 19.3. The summed E-state index contributed by atoms with van der Waals surface area (Å²) in [6, 6.07) is 25.2. The van der Waals surface area contributed by atoms with E-state index < -0.39 is 0 Å². The highest BCUT2D eigenvalue weighted by atomic mass is 16.3. The van der Waals surface area contributed by atoms with Crippen LogP contribution >= 0.6 is 0 Å². The van der Waals surface area contributed by atoms with Crippen LogP contribution in [-0.2, 0) is 10.8 Å². The molecule has 0 bridgehead atoms. The number of benzene rings is 4. The van der Waals surface area contributed by atoms with Gasteiger partial charge in [-0.2, -0.15) is 0 Å². The van der Waals surface area contributed by atoms with Crippen molar-refractivity contribution >= 4 is 43.5 Å². The third-order valence-electron chi connectivity index (χ3n) is 10.3. The zero-order chi connectivity index (χ0) is 27.2. The van der Waals surface area contributed by atoms with Crippen LogP contribution in [0.25, 0.3) is 54.7 Å². The Morgan fingerprint density at radius 2 is 1.35 bits per heavy atom. The SMILES string of the molecule is CC1(C)CCC(C)(C)c2cc3c(cc21)oc1cc2ccnc(-c4cc(C5CCCC5)c5ccccc5c4)c2cc13. The molecule has 0 atom stereocenters. The third-order valence-corrected chi connectivity index (χ3v) is 10.3. The normalized spacial score (nSPS) is 18.7. The maximum atomic E-state index is 6.56. The van der Waals surface area contributed by atoms with Crippen molar-refractivity contribution in [3.63, 3.8) is 0 Å². The number of rotatable bonds is 2. The van der Waals surface area contributed by atoms with Gasteiger partial charge in [-0.15, -0.1) is 0 Å². The van der Waals surface area contributed by atoms with Gasteiger partial charge < -0.3 is 4.42 Å². The van der Waals surface area contributed by atoms with Crippen molar-refractivity contribution in [2.24, 2.45) is 0 Å². The van der Waals surface area contributed by atoms with Crippen molar-refractivity contribution in [2.75, 3.05) is 0 Å². The van der Waals surface area contributed by atoms with Crippen molar-refractivity contribution in [1.82, 2.24) is 4.98 Å². The molecule has 200 valence electrons. The van der Waals surface area contributed by atoms with E-state index >= 15 is 0 Å². The molecule has 1 fully saturated rings. The van der Waals surface area contributed by atoms with Crippen LogP contribution in [-0.4, -0.2) is 4.98 Å². The first-order valence-electron chi connectivity index (χ1n) is 15.1. The fourth-order valence-corrected chi connectivity index (χ4v) is 7.78. The Balaban J connectivity index is 1.38. The van der Waals surface area contributed by atoms with Crippen LogP contribution in [0, 0.1) is 0 Å². The smallest absolute Gasteiger partial charge is 0.136 e. The third kappa shape index (κ3) is 3.58. The van der Waals surface area contributed by atoms with E-state index in [2.05, 4.69) is 94.4 Å². The minimum absolute atomic E-state index is 0.160. The van der Waals surface area contributed by atoms with Crippen LogP contribution in [0.1, 0.15) is 88.8 Å². The minimum atomic E-state index is 0.160. The quantitative estimate of drug-likeness (QED) is 0.226. The maximum absolute atomic E-state index is 6.56. The van der Waals surface area contributed by atoms with E-state index in [9.17, 15) is 0 Å². The summed E-state index contributed by atoms with van der Waals surface area (Å²) in [5.41, 5.74) is 8.98. The lowest BCUT2D eigenvalue weighted by atomic mass is 9.63. The molecule has 0 aliphatic heterocycles. The summed E-state index contributed by atoms with van der Waals surface area (Å²) >= 11 is 0. The first-order valence-corrected chi connectivity index (χ1v) is 15.1. The summed E-state index contributed by atoms with van der Waals surface area (Å²) in [7, 11) is 0. The van der Waals surface area contributed by atoms with Gasteiger partial charge in [-0.3, -0.25) is 4.98 Å². The van der Waals surface area contributed by atoms with Crippen LogP contribution in [0.4, 0.5) is 0 Å². The predicted octanol–water partition coefficient (Wildman–Crippen LogP) is 11.0. The lowest BCUT2D eigenvalue weighted by molar-refractivity contribution is 0.332. The van der Waals surface area contributed by atoms with Gasteiger partial charge in [0.05, 0.1) is 5.69 Å². The van der Waals surface area contributed by atoms with Gasteiger partial charge >= 0.3 is 0 Å². The Morgan fingerprint density at radius 1 is 0.675 bits per heavy atom. The van der Waals surface area contributed by atoms with Gasteiger partial charge in [0, 0.05) is 27.9 Å². The Labute approximate surface area is 236 Å². The summed E-state index contributed by atoms with van der Waals surface area (Å²) in [5, 5.41) is 7.50. The summed E-state index contributed by atoms with van der Waals surface area (Å²) in [6.45, 7) is 9.55. The van der Waals surface area contributed by atoms with E-state index in [4.69, 9.17) is 9.40 Å². The molecule has 1 saturated carbocycles. The highest BCUT2D eigenvalue weighted by molar-refractivity contribution is 6.12. The minimum Gasteiger partial charge on any atom is -0.456 e. The molecule has 0 amide bonds. The van der Waals surface area contributed by atoms with E-state index in [1.54, 1.807) is 0 Å². The maximum Gasteiger partial charge on any atom is 0.136 e. The number of hydrogen-bond donors (Lipinski definition) is 0. The molecule has 4 aromatic carbocycles. The predicted molar refractivity (Wildman–Crippen MR) is 168 cm³/mol. The van der Waals surface area contributed by atoms with Crippen LogP contribution in [0.5, 0.6) is 0 Å². The molecule has 2 heterocycles. The van der Waals surface area contributed by atoms with Gasteiger partial charge in [-0.25, -0.2) is 0 Å². The average Bonchev–Trinajstić information content (AvgIpc) is 3.61. The van der Waals surface area contributed by atoms with E-state index in [1.165, 1.54) is 93.1 Å². The van der Waals surface area contributed by atoms with E-state index in [1.807, 2.05) is 6.20 Å². The second-order valence-electron chi connectivity index (χ2n) is 13.8. The van der Waals surface area contributed by atoms with E-state index in [0.717, 1.165) is 16.9 Å². The van der Waals surface area contributed by atoms with Crippen LogP contribution in [0.3, 0.4) is 0 Å². The molecule has 0 saturated heterocycles. The largest absolute Gasteiger partial charge is 0.456 e. The first kappa shape index (κ1) is 24.2. The van der Waals surface area contributed by atoms with Crippen LogP contribution in [0.15, 0.2) is 77.3 Å². The Bertz CT molecular complexity index is 1970. The number of nitrogens with zero attached hydrogens (tertiary/aromatic N) is 1. The molecule has 0 N–H and O–H groups in total. The summed E-state index contributed by atoms with van der Waals surface area (Å²) < 4.78 is 6.56. The van der Waals surface area contributed by atoms with Crippen LogP contribution < -0.4 is 0 Å². The number of fused-ring (bicyclic) bond motifs is 6. The lowest BCUT2D eigenvalue weighted by Gasteiger charge is -2.41. The highest BCUT2D eigenvalue weighted by Crippen LogP contribution is 2.48. The molecule has 40 heavy (non-hydrogen) atoms. The van der Waals surface area contributed by atoms with Gasteiger partial charge in [0.1, 0.15) is 11.2 Å². The fourth-order valence-electron chi connectivity index (χ4n) is 7.78. The molecular formula is C38H37NO. The highest BCUT2D eigenvalue weighted by Gasteiger charge is 2.37. The molecule has 6 aromatic rings. The van der Waals surface area contributed by atoms with Crippen molar-refractivity contribution in [2.45, 2.75) is 83.0 Å². The molecule has 8 rings (SSSR count). The van der Waals surface area contributed by atoms with Crippen LogP contribution in [0.2, 0.25) is 0 Å². The standard InChI is InChI=1S/C38H37NO/c1-37(2)14-15-38(3,4)33-22-35-31(21-32(33)37)30-20-29-25(19-34(30)40-35)13-16-39-36(29)26-17-24-11-7-8-12-27(24)28(18-26)23-9-5-6-10-23/h7-8,11-13,16-23H,5-6,9-10,14-15H2,1-4H3. The van der Waals surface area contributed by atoms with Gasteiger partial charge in [-0.05, 0) is 118 Å². The monoisotopic (exact) mass is 523 g/mol. The average molecular weight is 524 g/mol. The molecular weight excluding hydrogens is 486 g/mol. The molecule has 2 nitrogen and oxygen atoms in total. The van der Waals surface area contributed by atoms with Gasteiger partial charge in [0.2, 0.25) is 0 Å². The van der Waals surface area contributed by atoms with Crippen molar-refractivity contribution < 1.29 is 4.42 Å². The van der Waals surface area contributed by atoms with E-state index in [-0.39, 0.29) is 10.8 Å². The second-order valence-corrected chi connectivity index (χ2v) is 13.8. The molecule has 2 aliphatic carbocycles. The van der Waals surface area contributed by atoms with Crippen molar-refractivity contribution in [3.8, 4) is 11.3 Å². The summed E-state index contributed by atoms with van der Waals surface area (Å²) in [4.78, 5) is 5.00. The zero-order valence-electron chi connectivity index (χ0n) is 24.1. The number of pyridine rings is 1. The summed E-state index contributed by atoms with van der Waals surface area (Å²) in [5.74, 6) is 0.642. The lowest BCUT2D eigenvalue weighted by Crippen LogP contribution is -2.33. The van der Waals surface area contributed by atoms with Crippen molar-refractivity contribution in [3.05, 3.63) is 89.6 Å². The Morgan fingerprint density at radius 3 is 2.15 bits per heavy atom. The molecule has 0 spiro atoms. The summed E-state index contributed by atoms with van der Waals surface area (Å²) in [6.07, 6.45) is 9.60. The molecule has 0 unspecified atom stereocenters. The molecule has 2 aromatic heterocycles. The number of hydrogen-bond acceptors (Lipinski definition) is 2. The topological polar surface area (TPSA) is 26.0 Å². The van der Waals surface area contributed by atoms with Crippen molar-refractivity contribution in [1.29, 1.82) is 0 Å². The molecule has 0 radical (unpaired) electrons. The van der Waals surface area contributed by atoms with E-state index in [0.29, 0.717) is 5.92 Å². The second kappa shape index (κ2) is 8.43. The molecule has 2 aliphatic rings. The van der Waals surface area contributed by atoms with Gasteiger partial charge in [-0.1, -0.05) is 64.8 Å². The fraction of sp³-hybridized carbons (Fsp3) is 0.342. The molecule has 2 heteroatoms.